The highest BCUT2D eigenvalue weighted by molar-refractivity contribution is 5.94. The van der Waals surface area contributed by atoms with Crippen LogP contribution in [0, 0.1) is 12.3 Å². The van der Waals surface area contributed by atoms with Crippen LogP contribution in [0.5, 0.6) is 0 Å². The van der Waals surface area contributed by atoms with E-state index >= 15 is 0 Å². The minimum atomic E-state index is 0.0726. The number of nitrogens with zero attached hydrogens (tertiary/aromatic N) is 2. The number of carbonyl (C=O) groups is 1. The number of aryl methyl sites for hydroxylation is 1. The molecule has 1 N–H and O–H groups in total. The smallest absolute Gasteiger partial charge is 0.259 e. The molecule has 2 aliphatic heterocycles. The minimum absolute atomic E-state index is 0.0726. The first kappa shape index (κ1) is 12.7. The second kappa shape index (κ2) is 4.96. The standard InChI is InChI=1S/C14H21N3O2/c1-11-12(8-16-19-11)13(18)17-7-3-5-14(10-17)4-2-6-15-9-14/h8,15H,2-7,9-10H2,1H3. The average molecular weight is 263 g/mol. The Labute approximate surface area is 113 Å². The second-order valence-corrected chi connectivity index (χ2v) is 5.91. The molecule has 5 nitrogen and oxygen atoms in total. The minimum Gasteiger partial charge on any atom is -0.361 e. The molecule has 1 atom stereocenters. The van der Waals surface area contributed by atoms with Gasteiger partial charge in [-0.05, 0) is 39.2 Å². The van der Waals surface area contributed by atoms with Gasteiger partial charge in [-0.15, -0.1) is 0 Å². The summed E-state index contributed by atoms with van der Waals surface area (Å²) < 4.78 is 5.00. The van der Waals surface area contributed by atoms with Crippen molar-refractivity contribution in [1.29, 1.82) is 0 Å². The van der Waals surface area contributed by atoms with Crippen LogP contribution in [0.3, 0.4) is 0 Å². The molecular formula is C14H21N3O2. The highest BCUT2D eigenvalue weighted by Crippen LogP contribution is 2.36. The Hall–Kier alpha value is -1.36. The zero-order valence-corrected chi connectivity index (χ0v) is 11.4. The van der Waals surface area contributed by atoms with Gasteiger partial charge in [0.2, 0.25) is 0 Å². The van der Waals surface area contributed by atoms with Gasteiger partial charge in [0.25, 0.3) is 5.91 Å². The van der Waals surface area contributed by atoms with E-state index in [0.717, 1.165) is 32.6 Å². The number of piperidine rings is 2. The molecule has 1 aromatic rings. The number of hydrogen-bond donors (Lipinski definition) is 1. The quantitative estimate of drug-likeness (QED) is 0.836. The van der Waals surface area contributed by atoms with Crippen molar-refractivity contribution in [2.75, 3.05) is 26.2 Å². The molecule has 19 heavy (non-hydrogen) atoms. The third-order valence-corrected chi connectivity index (χ3v) is 4.49. The first-order valence-corrected chi connectivity index (χ1v) is 7.12. The molecule has 0 bridgehead atoms. The van der Waals surface area contributed by atoms with E-state index in [1.807, 2.05) is 4.90 Å². The lowest BCUT2D eigenvalue weighted by Crippen LogP contribution is -2.52. The summed E-state index contributed by atoms with van der Waals surface area (Å²) in [5.41, 5.74) is 0.901. The number of rotatable bonds is 1. The molecule has 0 saturated carbocycles. The number of amides is 1. The summed E-state index contributed by atoms with van der Waals surface area (Å²) >= 11 is 0. The zero-order chi connectivity index (χ0) is 13.3. The van der Waals surface area contributed by atoms with Gasteiger partial charge in [0.1, 0.15) is 11.3 Å². The summed E-state index contributed by atoms with van der Waals surface area (Å²) in [6.07, 6.45) is 6.31. The van der Waals surface area contributed by atoms with Crippen LogP contribution in [0.4, 0.5) is 0 Å². The van der Waals surface area contributed by atoms with Crippen LogP contribution in [0.1, 0.15) is 41.8 Å². The predicted molar refractivity (Wildman–Crippen MR) is 70.9 cm³/mol. The van der Waals surface area contributed by atoms with Crippen LogP contribution in [0.15, 0.2) is 10.7 Å². The van der Waals surface area contributed by atoms with Crippen molar-refractivity contribution >= 4 is 5.91 Å². The van der Waals surface area contributed by atoms with Crippen LogP contribution in [-0.2, 0) is 0 Å². The lowest BCUT2D eigenvalue weighted by molar-refractivity contribution is 0.0432. The highest BCUT2D eigenvalue weighted by Gasteiger charge is 2.38. The van der Waals surface area contributed by atoms with Crippen LogP contribution < -0.4 is 5.32 Å². The molecule has 0 radical (unpaired) electrons. The first-order chi connectivity index (χ1) is 9.20. The fourth-order valence-electron chi connectivity index (χ4n) is 3.43. The van der Waals surface area contributed by atoms with Gasteiger partial charge < -0.3 is 14.7 Å². The van der Waals surface area contributed by atoms with Crippen molar-refractivity contribution in [1.82, 2.24) is 15.4 Å². The van der Waals surface area contributed by atoms with E-state index in [-0.39, 0.29) is 11.3 Å². The lowest BCUT2D eigenvalue weighted by Gasteiger charge is -2.45. The maximum Gasteiger partial charge on any atom is 0.259 e. The highest BCUT2D eigenvalue weighted by atomic mass is 16.5. The van der Waals surface area contributed by atoms with Gasteiger partial charge in [0.15, 0.2) is 0 Å². The number of nitrogens with one attached hydrogen (secondary N) is 1. The zero-order valence-electron chi connectivity index (χ0n) is 11.4. The topological polar surface area (TPSA) is 58.4 Å². The van der Waals surface area contributed by atoms with Gasteiger partial charge in [0, 0.05) is 25.0 Å². The van der Waals surface area contributed by atoms with Crippen LogP contribution >= 0.6 is 0 Å². The molecule has 1 unspecified atom stereocenters. The second-order valence-electron chi connectivity index (χ2n) is 5.91. The van der Waals surface area contributed by atoms with Crippen LogP contribution in [0.25, 0.3) is 0 Å². The maximum atomic E-state index is 12.5. The normalized spacial score (nSPS) is 27.7. The summed E-state index contributed by atoms with van der Waals surface area (Å²) in [4.78, 5) is 14.5. The summed E-state index contributed by atoms with van der Waals surface area (Å²) in [5, 5.41) is 7.19. The van der Waals surface area contributed by atoms with Crippen molar-refractivity contribution in [3.8, 4) is 0 Å². The number of aromatic nitrogens is 1. The van der Waals surface area contributed by atoms with Crippen molar-refractivity contribution in [3.05, 3.63) is 17.5 Å². The Morgan fingerprint density at radius 2 is 2.32 bits per heavy atom. The first-order valence-electron chi connectivity index (χ1n) is 7.12. The molecule has 2 fully saturated rings. The Morgan fingerprint density at radius 1 is 1.47 bits per heavy atom. The van der Waals surface area contributed by atoms with E-state index in [9.17, 15) is 4.79 Å². The molecule has 1 aromatic heterocycles. The van der Waals surface area contributed by atoms with Gasteiger partial charge in [-0.1, -0.05) is 5.16 Å². The SMILES string of the molecule is Cc1oncc1C(=O)N1CCCC2(CCCNC2)C1. The Balaban J connectivity index is 1.74. The predicted octanol–water partition coefficient (Wildman–Crippen LogP) is 1.59. The van der Waals surface area contributed by atoms with Gasteiger partial charge >= 0.3 is 0 Å². The molecule has 2 aliphatic rings. The third kappa shape index (κ3) is 2.39. The Bertz CT molecular complexity index is 458. The summed E-state index contributed by atoms with van der Waals surface area (Å²) in [6.45, 7) is 5.66. The monoisotopic (exact) mass is 263 g/mol. The van der Waals surface area contributed by atoms with Crippen molar-refractivity contribution < 1.29 is 9.32 Å². The Kier molecular flexibility index (Phi) is 3.31. The Morgan fingerprint density at radius 3 is 3.00 bits per heavy atom. The van der Waals surface area contributed by atoms with Crippen LogP contribution in [-0.4, -0.2) is 42.1 Å². The van der Waals surface area contributed by atoms with E-state index in [1.54, 1.807) is 6.92 Å². The van der Waals surface area contributed by atoms with E-state index < -0.39 is 0 Å². The molecule has 0 aliphatic carbocycles. The molecule has 0 aromatic carbocycles. The summed E-state index contributed by atoms with van der Waals surface area (Å²) in [7, 11) is 0. The number of likely N-dealkylation sites (tertiary alicyclic amines) is 1. The molecule has 3 heterocycles. The van der Waals surface area contributed by atoms with E-state index in [1.165, 1.54) is 25.5 Å². The molecule has 104 valence electrons. The molecule has 1 amide bonds. The molecule has 1 spiro atoms. The van der Waals surface area contributed by atoms with E-state index in [0.29, 0.717) is 11.3 Å². The molecule has 3 rings (SSSR count). The molecule has 2 saturated heterocycles. The van der Waals surface area contributed by atoms with Crippen molar-refractivity contribution in [2.24, 2.45) is 5.41 Å². The van der Waals surface area contributed by atoms with Crippen molar-refractivity contribution in [3.63, 3.8) is 0 Å². The lowest BCUT2D eigenvalue weighted by atomic mass is 9.74. The maximum absolute atomic E-state index is 12.5. The fourth-order valence-corrected chi connectivity index (χ4v) is 3.43. The number of hydrogen-bond acceptors (Lipinski definition) is 4. The van der Waals surface area contributed by atoms with Gasteiger partial charge in [0.05, 0.1) is 6.20 Å². The van der Waals surface area contributed by atoms with E-state index in [4.69, 9.17) is 4.52 Å². The number of carbonyl (C=O) groups excluding carboxylic acids is 1. The van der Waals surface area contributed by atoms with Gasteiger partial charge in [-0.2, -0.15) is 0 Å². The fraction of sp³-hybridized carbons (Fsp3) is 0.714. The summed E-state index contributed by atoms with van der Waals surface area (Å²) in [5.74, 6) is 0.690. The van der Waals surface area contributed by atoms with Crippen LogP contribution in [0.2, 0.25) is 0 Å². The third-order valence-electron chi connectivity index (χ3n) is 4.49. The largest absolute Gasteiger partial charge is 0.361 e. The molecular weight excluding hydrogens is 242 g/mol. The van der Waals surface area contributed by atoms with Crippen molar-refractivity contribution in [2.45, 2.75) is 32.6 Å². The average Bonchev–Trinajstić information content (AvgIpc) is 2.85. The van der Waals surface area contributed by atoms with Gasteiger partial charge in [-0.25, -0.2) is 0 Å². The molecule has 5 heteroatoms. The summed E-state index contributed by atoms with van der Waals surface area (Å²) in [6, 6.07) is 0. The van der Waals surface area contributed by atoms with Gasteiger partial charge in [-0.3, -0.25) is 4.79 Å². The van der Waals surface area contributed by atoms with E-state index in [2.05, 4.69) is 10.5 Å².